The Morgan fingerprint density at radius 3 is 2.52 bits per heavy atom. The maximum Gasteiger partial charge on any atom is 0.251 e. The summed E-state index contributed by atoms with van der Waals surface area (Å²) in [7, 11) is 1.60. The summed E-state index contributed by atoms with van der Waals surface area (Å²) in [6.07, 6.45) is 0. The van der Waals surface area contributed by atoms with E-state index < -0.39 is 0 Å². The number of nitrogens with zero attached hydrogens (tertiary/aromatic N) is 4. The van der Waals surface area contributed by atoms with E-state index in [1.54, 1.807) is 35.9 Å². The highest BCUT2D eigenvalue weighted by Crippen LogP contribution is 2.25. The van der Waals surface area contributed by atoms with Gasteiger partial charge in [0.15, 0.2) is 5.82 Å². The highest BCUT2D eigenvalue weighted by molar-refractivity contribution is 7.19. The van der Waals surface area contributed by atoms with Crippen molar-refractivity contribution >= 4 is 22.2 Å². The second-order valence-corrected chi connectivity index (χ2v) is 6.91. The van der Waals surface area contributed by atoms with Crippen LogP contribution in [0.5, 0.6) is 5.75 Å². The molecular weight excluding hydrogens is 362 g/mol. The van der Waals surface area contributed by atoms with E-state index in [0.717, 1.165) is 32.7 Å². The van der Waals surface area contributed by atoms with Crippen molar-refractivity contribution in [2.75, 3.05) is 7.11 Å². The van der Waals surface area contributed by atoms with Gasteiger partial charge in [-0.2, -0.15) is 9.61 Å². The van der Waals surface area contributed by atoms with Crippen molar-refractivity contribution in [3.05, 3.63) is 65.5 Å². The molecule has 136 valence electrons. The molecule has 0 bridgehead atoms. The minimum Gasteiger partial charge on any atom is -0.497 e. The Morgan fingerprint density at radius 2 is 1.85 bits per heavy atom. The summed E-state index contributed by atoms with van der Waals surface area (Å²) in [6, 6.07) is 15.0. The molecule has 7 nitrogen and oxygen atoms in total. The highest BCUT2D eigenvalue weighted by atomic mass is 32.1. The van der Waals surface area contributed by atoms with E-state index in [4.69, 9.17) is 4.74 Å². The number of fused-ring (bicyclic) bond motifs is 1. The molecule has 4 rings (SSSR count). The molecule has 0 saturated heterocycles. The third-order valence-electron chi connectivity index (χ3n) is 4.15. The molecule has 2 aromatic carbocycles. The number of aromatic nitrogens is 4. The Hall–Kier alpha value is -3.26. The van der Waals surface area contributed by atoms with E-state index in [-0.39, 0.29) is 5.91 Å². The van der Waals surface area contributed by atoms with Crippen molar-refractivity contribution in [1.29, 1.82) is 0 Å². The fourth-order valence-electron chi connectivity index (χ4n) is 2.62. The summed E-state index contributed by atoms with van der Waals surface area (Å²) in [6.45, 7) is 2.33. The summed E-state index contributed by atoms with van der Waals surface area (Å²) >= 11 is 1.49. The Labute approximate surface area is 159 Å². The van der Waals surface area contributed by atoms with E-state index in [1.807, 2.05) is 31.2 Å². The number of hydrogen-bond donors (Lipinski definition) is 1. The lowest BCUT2D eigenvalue weighted by Gasteiger charge is -2.07. The molecule has 0 aliphatic heterocycles. The molecule has 0 fully saturated rings. The number of rotatable bonds is 5. The number of ether oxygens (including phenoxy) is 1. The highest BCUT2D eigenvalue weighted by Gasteiger charge is 2.10. The van der Waals surface area contributed by atoms with Gasteiger partial charge in [0, 0.05) is 17.7 Å². The average molecular weight is 379 g/mol. The number of aryl methyl sites for hydroxylation is 1. The summed E-state index contributed by atoms with van der Waals surface area (Å²) in [5.74, 6) is 1.37. The van der Waals surface area contributed by atoms with Crippen molar-refractivity contribution in [3.8, 4) is 16.3 Å². The number of benzene rings is 2. The lowest BCUT2D eigenvalue weighted by Crippen LogP contribution is -2.22. The van der Waals surface area contributed by atoms with Crippen molar-refractivity contribution in [2.45, 2.75) is 13.5 Å². The number of carbonyl (C=O) groups excluding carboxylic acids is 1. The lowest BCUT2D eigenvalue weighted by atomic mass is 10.1. The molecule has 0 radical (unpaired) electrons. The van der Waals surface area contributed by atoms with Gasteiger partial charge in [0.1, 0.15) is 10.8 Å². The molecule has 27 heavy (non-hydrogen) atoms. The van der Waals surface area contributed by atoms with Crippen molar-refractivity contribution in [2.24, 2.45) is 0 Å². The van der Waals surface area contributed by atoms with Crippen LogP contribution in [0.15, 0.2) is 48.5 Å². The van der Waals surface area contributed by atoms with Gasteiger partial charge in [-0.1, -0.05) is 35.6 Å². The van der Waals surface area contributed by atoms with Crippen LogP contribution in [0, 0.1) is 6.92 Å². The molecule has 0 spiro atoms. The molecule has 0 atom stereocenters. The van der Waals surface area contributed by atoms with Crippen LogP contribution < -0.4 is 10.1 Å². The Balaban J connectivity index is 1.42. The van der Waals surface area contributed by atoms with Gasteiger partial charge in [-0.25, -0.2) is 0 Å². The second-order valence-electron chi connectivity index (χ2n) is 5.96. The van der Waals surface area contributed by atoms with Gasteiger partial charge in [0.2, 0.25) is 4.96 Å². The molecule has 8 heteroatoms. The van der Waals surface area contributed by atoms with E-state index in [9.17, 15) is 4.79 Å². The maximum absolute atomic E-state index is 12.2. The van der Waals surface area contributed by atoms with Crippen molar-refractivity contribution < 1.29 is 9.53 Å². The first-order chi connectivity index (χ1) is 13.1. The van der Waals surface area contributed by atoms with Gasteiger partial charge in [-0.15, -0.1) is 10.2 Å². The second kappa shape index (κ2) is 7.16. The van der Waals surface area contributed by atoms with Gasteiger partial charge in [0.25, 0.3) is 5.91 Å². The molecular formula is C19H17N5O2S. The molecule has 4 aromatic rings. The third kappa shape index (κ3) is 3.52. The van der Waals surface area contributed by atoms with E-state index in [1.165, 1.54) is 11.3 Å². The zero-order valence-electron chi connectivity index (χ0n) is 14.8. The van der Waals surface area contributed by atoms with Gasteiger partial charge >= 0.3 is 0 Å². The maximum atomic E-state index is 12.2. The van der Waals surface area contributed by atoms with Gasteiger partial charge in [0.05, 0.1) is 7.11 Å². The topological polar surface area (TPSA) is 81.4 Å². The number of methoxy groups -OCH3 is 1. The van der Waals surface area contributed by atoms with E-state index >= 15 is 0 Å². The van der Waals surface area contributed by atoms with Crippen LogP contribution in [-0.4, -0.2) is 32.8 Å². The smallest absolute Gasteiger partial charge is 0.251 e. The van der Waals surface area contributed by atoms with Crippen LogP contribution in [-0.2, 0) is 6.54 Å². The number of amides is 1. The van der Waals surface area contributed by atoms with Crippen LogP contribution in [0.1, 0.15) is 21.7 Å². The predicted molar refractivity (Wildman–Crippen MR) is 103 cm³/mol. The van der Waals surface area contributed by atoms with Gasteiger partial charge < -0.3 is 10.1 Å². The van der Waals surface area contributed by atoms with Crippen LogP contribution in [0.25, 0.3) is 15.5 Å². The van der Waals surface area contributed by atoms with Gasteiger partial charge in [-0.3, -0.25) is 4.79 Å². The number of carbonyl (C=O) groups is 1. The van der Waals surface area contributed by atoms with E-state index in [0.29, 0.717) is 12.1 Å². The van der Waals surface area contributed by atoms with Crippen LogP contribution in [0.4, 0.5) is 0 Å². The summed E-state index contributed by atoms with van der Waals surface area (Å²) in [5.41, 5.74) is 2.62. The molecule has 1 N–H and O–H groups in total. The molecule has 2 aromatic heterocycles. The molecule has 0 unspecified atom stereocenters. The standard InChI is InChI=1S/C19H17N5O2S/c1-12-21-22-19-24(12)23-18(27-19)15-5-3-13(4-6-15)11-20-17(25)14-7-9-16(26-2)10-8-14/h3-10H,11H2,1-2H3,(H,20,25). The first-order valence-corrected chi connectivity index (χ1v) is 9.16. The van der Waals surface area contributed by atoms with Gasteiger partial charge in [-0.05, 0) is 36.8 Å². The molecule has 2 heterocycles. The Morgan fingerprint density at radius 1 is 1.11 bits per heavy atom. The number of hydrogen-bond acceptors (Lipinski definition) is 6. The summed E-state index contributed by atoms with van der Waals surface area (Å²) < 4.78 is 6.84. The first-order valence-electron chi connectivity index (χ1n) is 8.34. The quantitative estimate of drug-likeness (QED) is 0.576. The molecule has 1 amide bonds. The lowest BCUT2D eigenvalue weighted by molar-refractivity contribution is 0.0951. The minimum atomic E-state index is -0.120. The van der Waals surface area contributed by atoms with Crippen LogP contribution in [0.2, 0.25) is 0 Å². The Kier molecular flexibility index (Phi) is 4.55. The van der Waals surface area contributed by atoms with Crippen molar-refractivity contribution in [3.63, 3.8) is 0 Å². The average Bonchev–Trinajstić information content (AvgIpc) is 3.29. The number of nitrogens with one attached hydrogen (secondary N) is 1. The SMILES string of the molecule is COc1ccc(C(=O)NCc2ccc(-c3nn4c(C)nnc4s3)cc2)cc1. The molecule has 0 aliphatic rings. The molecule has 0 aliphatic carbocycles. The predicted octanol–water partition coefficient (Wildman–Crippen LogP) is 3.10. The fourth-order valence-corrected chi connectivity index (χ4v) is 3.51. The zero-order chi connectivity index (χ0) is 18.8. The van der Waals surface area contributed by atoms with Crippen LogP contribution in [0.3, 0.4) is 0 Å². The molecule has 0 saturated carbocycles. The minimum absolute atomic E-state index is 0.120. The largest absolute Gasteiger partial charge is 0.497 e. The summed E-state index contributed by atoms with van der Waals surface area (Å²) in [4.78, 5) is 13.0. The fraction of sp³-hybridized carbons (Fsp3) is 0.158. The first kappa shape index (κ1) is 17.2. The van der Waals surface area contributed by atoms with Crippen molar-refractivity contribution in [1.82, 2.24) is 25.1 Å². The zero-order valence-corrected chi connectivity index (χ0v) is 15.7. The van der Waals surface area contributed by atoms with E-state index in [2.05, 4.69) is 20.6 Å². The third-order valence-corrected chi connectivity index (χ3v) is 5.10. The monoisotopic (exact) mass is 379 g/mol. The van der Waals surface area contributed by atoms with Crippen LogP contribution >= 0.6 is 11.3 Å². The Bertz CT molecular complexity index is 1080. The summed E-state index contributed by atoms with van der Waals surface area (Å²) in [5, 5.41) is 16.4. The normalized spacial score (nSPS) is 10.9.